The molecule has 1 N–H and O–H groups in total. The van der Waals surface area contributed by atoms with Gasteiger partial charge in [-0.15, -0.1) is 0 Å². The third kappa shape index (κ3) is 4.15. The van der Waals surface area contributed by atoms with Gasteiger partial charge in [-0.2, -0.15) is 0 Å². The third-order valence-corrected chi connectivity index (χ3v) is 5.16. The number of hydrogen-bond acceptors (Lipinski definition) is 5. The first-order chi connectivity index (χ1) is 13.4. The fraction of sp³-hybridized carbons (Fsp3) is 0.286. The van der Waals surface area contributed by atoms with Crippen LogP contribution in [0.3, 0.4) is 0 Å². The minimum absolute atomic E-state index is 0.0795. The summed E-state index contributed by atoms with van der Waals surface area (Å²) in [6, 6.07) is 11.6. The second-order valence-corrected chi connectivity index (χ2v) is 7.83. The number of halogens is 1. The molecule has 1 aromatic heterocycles. The van der Waals surface area contributed by atoms with Crippen molar-refractivity contribution in [2.45, 2.75) is 12.5 Å². The molecule has 28 heavy (non-hydrogen) atoms. The van der Waals surface area contributed by atoms with Crippen LogP contribution in [0.4, 0.5) is 0 Å². The van der Waals surface area contributed by atoms with Crippen LogP contribution in [0.5, 0.6) is 0 Å². The highest BCUT2D eigenvalue weighted by Gasteiger charge is 2.46. The summed E-state index contributed by atoms with van der Waals surface area (Å²) in [5.74, 6) is -1.47. The molecule has 6 nitrogen and oxygen atoms in total. The number of aliphatic hydroxyl groups excluding tert-OH is 1. The highest BCUT2D eigenvalue weighted by atomic mass is 79.9. The van der Waals surface area contributed by atoms with Gasteiger partial charge in [-0.05, 0) is 51.3 Å². The fourth-order valence-electron chi connectivity index (χ4n) is 3.28. The largest absolute Gasteiger partial charge is 0.507 e. The second kappa shape index (κ2) is 8.67. The molecule has 0 bridgehead atoms. The van der Waals surface area contributed by atoms with E-state index in [1.54, 1.807) is 42.6 Å². The minimum Gasteiger partial charge on any atom is -0.507 e. The van der Waals surface area contributed by atoms with Crippen molar-refractivity contribution in [3.63, 3.8) is 0 Å². The molecule has 1 aromatic carbocycles. The molecule has 3 rings (SSSR count). The van der Waals surface area contributed by atoms with E-state index in [0.29, 0.717) is 24.2 Å². The Hall–Kier alpha value is -2.51. The predicted molar refractivity (Wildman–Crippen MR) is 111 cm³/mol. The van der Waals surface area contributed by atoms with Crippen LogP contribution in [0.1, 0.15) is 23.7 Å². The van der Waals surface area contributed by atoms with Gasteiger partial charge in [0.25, 0.3) is 11.7 Å². The Labute approximate surface area is 172 Å². The van der Waals surface area contributed by atoms with Gasteiger partial charge in [0.1, 0.15) is 11.8 Å². The molecule has 0 aliphatic carbocycles. The molecule has 0 radical (unpaired) electrons. The van der Waals surface area contributed by atoms with Crippen molar-refractivity contribution in [1.82, 2.24) is 14.8 Å². The average Bonchev–Trinajstić information content (AvgIpc) is 2.93. The number of Topliss-reactive ketones (excluding diaryl/α,β-unsaturated/α-hetero) is 1. The third-order valence-electron chi connectivity index (χ3n) is 4.63. The molecule has 1 atom stereocenters. The predicted octanol–water partition coefficient (Wildman–Crippen LogP) is 3.22. The topological polar surface area (TPSA) is 73.7 Å². The van der Waals surface area contributed by atoms with Crippen LogP contribution in [-0.4, -0.2) is 58.8 Å². The van der Waals surface area contributed by atoms with Gasteiger partial charge in [-0.1, -0.05) is 34.1 Å². The van der Waals surface area contributed by atoms with E-state index in [-0.39, 0.29) is 11.3 Å². The number of benzene rings is 1. The lowest BCUT2D eigenvalue weighted by Gasteiger charge is -2.25. The smallest absolute Gasteiger partial charge is 0.295 e. The van der Waals surface area contributed by atoms with Crippen LogP contribution in [0, 0.1) is 0 Å². The minimum atomic E-state index is -0.702. The molecule has 1 fully saturated rings. The number of rotatable bonds is 6. The number of hydrogen-bond donors (Lipinski definition) is 1. The van der Waals surface area contributed by atoms with E-state index in [2.05, 4.69) is 20.9 Å². The normalized spacial score (nSPS) is 18.9. The van der Waals surface area contributed by atoms with E-state index < -0.39 is 17.7 Å². The quantitative estimate of drug-likeness (QED) is 0.421. The maximum Gasteiger partial charge on any atom is 0.295 e. The Bertz CT molecular complexity index is 895. The van der Waals surface area contributed by atoms with Gasteiger partial charge in [0.2, 0.25) is 0 Å². The summed E-state index contributed by atoms with van der Waals surface area (Å²) >= 11 is 3.36. The molecule has 7 heteroatoms. The molecule has 2 aromatic rings. The Morgan fingerprint density at radius 2 is 1.89 bits per heavy atom. The van der Waals surface area contributed by atoms with Crippen LogP contribution in [0.25, 0.3) is 5.76 Å². The van der Waals surface area contributed by atoms with E-state index in [1.807, 2.05) is 25.1 Å². The Morgan fingerprint density at radius 1 is 1.18 bits per heavy atom. The number of pyridine rings is 1. The maximum atomic E-state index is 12.8. The number of likely N-dealkylation sites (tertiary alicyclic amines) is 1. The molecule has 1 unspecified atom stereocenters. The molecular formula is C21H22BrN3O3. The van der Waals surface area contributed by atoms with Crippen molar-refractivity contribution in [3.05, 3.63) is 70.0 Å². The van der Waals surface area contributed by atoms with Gasteiger partial charge in [0, 0.05) is 22.8 Å². The van der Waals surface area contributed by atoms with Gasteiger partial charge in [0.05, 0.1) is 11.3 Å². The van der Waals surface area contributed by atoms with E-state index >= 15 is 0 Å². The van der Waals surface area contributed by atoms with Crippen LogP contribution in [0.2, 0.25) is 0 Å². The van der Waals surface area contributed by atoms with E-state index in [4.69, 9.17) is 0 Å². The van der Waals surface area contributed by atoms with Crippen molar-refractivity contribution in [2.75, 3.05) is 27.2 Å². The zero-order valence-electron chi connectivity index (χ0n) is 15.8. The molecule has 1 amide bonds. The number of carbonyl (C=O) groups excluding carboxylic acids is 2. The summed E-state index contributed by atoms with van der Waals surface area (Å²) in [5.41, 5.74) is 1.12. The van der Waals surface area contributed by atoms with Crippen molar-refractivity contribution in [2.24, 2.45) is 0 Å². The Morgan fingerprint density at radius 3 is 2.50 bits per heavy atom. The van der Waals surface area contributed by atoms with Crippen molar-refractivity contribution >= 4 is 33.4 Å². The van der Waals surface area contributed by atoms with Crippen molar-refractivity contribution < 1.29 is 14.7 Å². The highest BCUT2D eigenvalue weighted by molar-refractivity contribution is 9.10. The summed E-state index contributed by atoms with van der Waals surface area (Å²) in [6.07, 6.45) is 2.33. The van der Waals surface area contributed by atoms with E-state index in [0.717, 1.165) is 11.0 Å². The number of carbonyl (C=O) groups is 2. The zero-order valence-corrected chi connectivity index (χ0v) is 17.4. The molecule has 0 saturated carbocycles. The number of aromatic nitrogens is 1. The lowest BCUT2D eigenvalue weighted by Crippen LogP contribution is -2.32. The summed E-state index contributed by atoms with van der Waals surface area (Å²) < 4.78 is 0.856. The number of aliphatic hydroxyl groups is 1. The Balaban J connectivity index is 2.06. The van der Waals surface area contributed by atoms with E-state index in [9.17, 15) is 14.7 Å². The SMILES string of the molecule is CN(C)CCCN1C(=O)C(=O)/C(=C(\O)c2ccc(Br)cc2)C1c1ccccn1. The van der Waals surface area contributed by atoms with E-state index in [1.165, 1.54) is 4.90 Å². The number of ketones is 1. The van der Waals surface area contributed by atoms with Gasteiger partial charge in [-0.25, -0.2) is 0 Å². The Kier molecular flexibility index (Phi) is 6.26. The monoisotopic (exact) mass is 443 g/mol. The van der Waals surface area contributed by atoms with Crippen LogP contribution in [-0.2, 0) is 9.59 Å². The first-order valence-corrected chi connectivity index (χ1v) is 9.79. The number of amides is 1. The standard InChI is InChI=1S/C21H22BrN3O3/c1-24(2)12-5-13-25-18(16-6-3-4-11-23-16)17(20(27)21(25)28)19(26)14-7-9-15(22)10-8-14/h3-4,6-11,18,26H,5,12-13H2,1-2H3/b19-17-. The second-order valence-electron chi connectivity index (χ2n) is 6.91. The van der Waals surface area contributed by atoms with Crippen LogP contribution >= 0.6 is 15.9 Å². The molecular weight excluding hydrogens is 422 g/mol. The lowest BCUT2D eigenvalue weighted by atomic mass is 9.98. The summed E-state index contributed by atoms with van der Waals surface area (Å²) in [7, 11) is 3.91. The summed E-state index contributed by atoms with van der Waals surface area (Å²) in [4.78, 5) is 33.5. The van der Waals surface area contributed by atoms with Crippen LogP contribution < -0.4 is 0 Å². The molecule has 146 valence electrons. The highest BCUT2D eigenvalue weighted by Crippen LogP contribution is 2.38. The van der Waals surface area contributed by atoms with Gasteiger partial charge < -0.3 is 14.9 Å². The fourth-order valence-corrected chi connectivity index (χ4v) is 3.54. The zero-order chi connectivity index (χ0) is 20.3. The van der Waals surface area contributed by atoms with Crippen molar-refractivity contribution in [3.8, 4) is 0 Å². The summed E-state index contributed by atoms with van der Waals surface area (Å²) in [6.45, 7) is 1.19. The molecule has 1 saturated heterocycles. The first kappa shape index (κ1) is 20.2. The average molecular weight is 444 g/mol. The van der Waals surface area contributed by atoms with Gasteiger partial charge in [0.15, 0.2) is 0 Å². The molecule has 0 spiro atoms. The molecule has 1 aliphatic heterocycles. The first-order valence-electron chi connectivity index (χ1n) is 9.00. The van der Waals surface area contributed by atoms with Crippen LogP contribution in [0.15, 0.2) is 58.7 Å². The van der Waals surface area contributed by atoms with Crippen molar-refractivity contribution in [1.29, 1.82) is 0 Å². The lowest BCUT2D eigenvalue weighted by molar-refractivity contribution is -0.140. The van der Waals surface area contributed by atoms with Gasteiger partial charge >= 0.3 is 0 Å². The number of nitrogens with zero attached hydrogens (tertiary/aromatic N) is 3. The summed E-state index contributed by atoms with van der Waals surface area (Å²) in [5, 5.41) is 10.9. The molecule has 1 aliphatic rings. The maximum absolute atomic E-state index is 12.8. The van der Waals surface area contributed by atoms with Gasteiger partial charge in [-0.3, -0.25) is 14.6 Å². The molecule has 2 heterocycles.